The molecule has 0 bridgehead atoms. The fourth-order valence-electron chi connectivity index (χ4n) is 4.96. The van der Waals surface area contributed by atoms with Crippen molar-refractivity contribution in [1.29, 1.82) is 0 Å². The van der Waals surface area contributed by atoms with Gasteiger partial charge in [-0.05, 0) is 48.6 Å². The first-order chi connectivity index (χ1) is 16.4. The number of aromatic nitrogens is 3. The van der Waals surface area contributed by atoms with Crippen molar-refractivity contribution < 1.29 is 9.90 Å². The zero-order chi connectivity index (χ0) is 24.2. The lowest BCUT2D eigenvalue weighted by Gasteiger charge is -2.25. The van der Waals surface area contributed by atoms with E-state index < -0.39 is 11.9 Å². The van der Waals surface area contributed by atoms with Gasteiger partial charge in [-0.15, -0.1) is 0 Å². The molecule has 4 rings (SSSR count). The predicted molar refractivity (Wildman–Crippen MR) is 136 cm³/mol. The highest BCUT2D eigenvalue weighted by atomic mass is 16.4. The summed E-state index contributed by atoms with van der Waals surface area (Å²) in [6.07, 6.45) is 2.31. The third kappa shape index (κ3) is 4.74. The summed E-state index contributed by atoms with van der Waals surface area (Å²) in [6.45, 7) is 8.94. The number of aliphatic carboxylic acids is 1. The molecule has 2 aromatic carbocycles. The molecule has 0 unspecified atom stereocenters. The van der Waals surface area contributed by atoms with Crippen LogP contribution < -0.4 is 0 Å². The Bertz CT molecular complexity index is 1280. The molecule has 5 nitrogen and oxygen atoms in total. The lowest BCUT2D eigenvalue weighted by atomic mass is 9.78. The van der Waals surface area contributed by atoms with Crippen molar-refractivity contribution in [3.05, 3.63) is 94.4 Å². The second-order valence-electron chi connectivity index (χ2n) is 9.08. The molecule has 0 spiro atoms. The number of carboxylic acid groups (broad SMARTS) is 1. The van der Waals surface area contributed by atoms with E-state index in [1.807, 2.05) is 44.2 Å². The van der Waals surface area contributed by atoms with Crippen LogP contribution in [0.2, 0.25) is 0 Å². The molecule has 0 amide bonds. The maximum Gasteiger partial charge on any atom is 0.307 e. The lowest BCUT2D eigenvalue weighted by molar-refractivity contribution is -0.142. The molecule has 176 valence electrons. The normalized spacial score (nSPS) is 13.2. The summed E-state index contributed by atoms with van der Waals surface area (Å²) < 4.78 is 2.20. The number of nitrogens with zero attached hydrogens (tertiary/aromatic N) is 3. The van der Waals surface area contributed by atoms with Crippen molar-refractivity contribution in [2.75, 3.05) is 0 Å². The van der Waals surface area contributed by atoms with Gasteiger partial charge in [0.1, 0.15) is 11.3 Å². The molecule has 2 atom stereocenters. The number of carbonyl (C=O) groups is 1. The molecule has 2 aromatic heterocycles. The minimum Gasteiger partial charge on any atom is -0.481 e. The number of fused-ring (bicyclic) bond motifs is 1. The standard InChI is InChI=1S/C29H33N3O2/c1-5-10-24(29(33)34)26(22-11-8-7-9-12-22)23-15-13-21(14-16-23)18-32-25(6-2)31-27-19(3)17-20(4)30-28(27)32/h7-9,11-17,24,26H,5-6,10,18H2,1-4H3,(H,33,34)/t24-,26-/m1/s1. The number of imidazole rings is 1. The number of carboxylic acids is 1. The minimum absolute atomic E-state index is 0.181. The topological polar surface area (TPSA) is 68.0 Å². The first-order valence-electron chi connectivity index (χ1n) is 12.1. The van der Waals surface area contributed by atoms with Gasteiger partial charge >= 0.3 is 5.97 Å². The Hall–Kier alpha value is -3.47. The van der Waals surface area contributed by atoms with Crippen molar-refractivity contribution in [1.82, 2.24) is 14.5 Å². The van der Waals surface area contributed by atoms with Crippen LogP contribution in [-0.2, 0) is 17.8 Å². The van der Waals surface area contributed by atoms with Gasteiger partial charge in [0.05, 0.1) is 12.5 Å². The van der Waals surface area contributed by atoms with Gasteiger partial charge in [-0.25, -0.2) is 9.97 Å². The van der Waals surface area contributed by atoms with Gasteiger partial charge in [-0.3, -0.25) is 4.79 Å². The number of rotatable bonds is 9. The molecule has 0 aliphatic carbocycles. The summed E-state index contributed by atoms with van der Waals surface area (Å²) in [7, 11) is 0. The van der Waals surface area contributed by atoms with E-state index in [1.54, 1.807) is 0 Å². The molecule has 0 saturated carbocycles. The smallest absolute Gasteiger partial charge is 0.307 e. The largest absolute Gasteiger partial charge is 0.481 e. The summed E-state index contributed by atoms with van der Waals surface area (Å²) >= 11 is 0. The summed E-state index contributed by atoms with van der Waals surface area (Å²) in [6, 6.07) is 20.5. The quantitative estimate of drug-likeness (QED) is 0.322. The second-order valence-corrected chi connectivity index (χ2v) is 9.08. The summed E-state index contributed by atoms with van der Waals surface area (Å²) in [4.78, 5) is 21.8. The van der Waals surface area contributed by atoms with Crippen LogP contribution in [0.1, 0.15) is 66.4 Å². The number of aryl methyl sites for hydroxylation is 3. The summed E-state index contributed by atoms with van der Waals surface area (Å²) in [5.74, 6) is -0.358. The maximum atomic E-state index is 12.2. The van der Waals surface area contributed by atoms with Crippen molar-refractivity contribution in [2.45, 2.75) is 59.4 Å². The Labute approximate surface area is 201 Å². The molecule has 5 heteroatoms. The number of hydrogen-bond donors (Lipinski definition) is 1. The van der Waals surface area contributed by atoms with Crippen molar-refractivity contribution in [2.24, 2.45) is 5.92 Å². The van der Waals surface area contributed by atoms with Crippen molar-refractivity contribution in [3.8, 4) is 0 Å². The molecular weight excluding hydrogens is 422 g/mol. The van der Waals surface area contributed by atoms with Crippen LogP contribution >= 0.6 is 0 Å². The van der Waals surface area contributed by atoms with Gasteiger partial charge < -0.3 is 9.67 Å². The van der Waals surface area contributed by atoms with E-state index in [2.05, 4.69) is 48.7 Å². The number of hydrogen-bond acceptors (Lipinski definition) is 3. The summed E-state index contributed by atoms with van der Waals surface area (Å²) in [5.41, 5.74) is 7.25. The molecule has 0 saturated heterocycles. The van der Waals surface area contributed by atoms with Gasteiger partial charge in [0, 0.05) is 18.0 Å². The predicted octanol–water partition coefficient (Wildman–Crippen LogP) is 6.29. The van der Waals surface area contributed by atoms with Gasteiger partial charge in [0.2, 0.25) is 0 Å². The Morgan fingerprint density at radius 3 is 2.26 bits per heavy atom. The number of pyridine rings is 1. The van der Waals surface area contributed by atoms with E-state index >= 15 is 0 Å². The third-order valence-electron chi connectivity index (χ3n) is 6.57. The van der Waals surface area contributed by atoms with Gasteiger partial charge in [0.25, 0.3) is 0 Å². The van der Waals surface area contributed by atoms with Crippen LogP contribution in [-0.4, -0.2) is 25.6 Å². The third-order valence-corrected chi connectivity index (χ3v) is 6.57. The fraction of sp³-hybridized carbons (Fsp3) is 0.345. The molecule has 0 fully saturated rings. The van der Waals surface area contributed by atoms with Crippen LogP contribution in [0.25, 0.3) is 11.2 Å². The van der Waals surface area contributed by atoms with Gasteiger partial charge in [-0.2, -0.15) is 0 Å². The lowest BCUT2D eigenvalue weighted by Crippen LogP contribution is -2.23. The molecule has 0 aliphatic heterocycles. The van der Waals surface area contributed by atoms with Crippen molar-refractivity contribution in [3.63, 3.8) is 0 Å². The second kappa shape index (κ2) is 10.2. The summed E-state index contributed by atoms with van der Waals surface area (Å²) in [5, 5.41) is 10.0. The zero-order valence-corrected chi connectivity index (χ0v) is 20.5. The van der Waals surface area contributed by atoms with E-state index in [0.29, 0.717) is 13.0 Å². The molecule has 4 aromatic rings. The van der Waals surface area contributed by atoms with Crippen LogP contribution in [0.5, 0.6) is 0 Å². The first-order valence-corrected chi connectivity index (χ1v) is 12.1. The highest BCUT2D eigenvalue weighted by molar-refractivity contribution is 5.76. The first kappa shape index (κ1) is 23.7. The average Bonchev–Trinajstić information content (AvgIpc) is 3.18. The molecule has 1 N–H and O–H groups in total. The average molecular weight is 456 g/mol. The number of benzene rings is 2. The SMILES string of the molecule is CCC[C@@H](C(=O)O)[C@H](c1ccccc1)c1ccc(Cn2c(CC)nc3c(C)cc(C)nc32)cc1. The molecule has 34 heavy (non-hydrogen) atoms. The Balaban J connectivity index is 1.70. The Morgan fingerprint density at radius 2 is 1.65 bits per heavy atom. The van der Waals surface area contributed by atoms with E-state index in [-0.39, 0.29) is 5.92 Å². The van der Waals surface area contributed by atoms with E-state index in [0.717, 1.165) is 57.8 Å². The zero-order valence-electron chi connectivity index (χ0n) is 20.5. The highest BCUT2D eigenvalue weighted by Gasteiger charge is 2.30. The van der Waals surface area contributed by atoms with Gasteiger partial charge in [-0.1, -0.05) is 74.9 Å². The van der Waals surface area contributed by atoms with E-state index in [1.165, 1.54) is 0 Å². The molecule has 0 aliphatic rings. The highest BCUT2D eigenvalue weighted by Crippen LogP contribution is 2.35. The maximum absolute atomic E-state index is 12.2. The Morgan fingerprint density at radius 1 is 0.971 bits per heavy atom. The van der Waals surface area contributed by atoms with E-state index in [4.69, 9.17) is 9.97 Å². The molecule has 0 radical (unpaired) electrons. The molecule has 2 heterocycles. The van der Waals surface area contributed by atoms with Crippen LogP contribution in [0.15, 0.2) is 60.7 Å². The van der Waals surface area contributed by atoms with E-state index in [9.17, 15) is 9.90 Å². The van der Waals surface area contributed by atoms with Crippen LogP contribution in [0.3, 0.4) is 0 Å². The monoisotopic (exact) mass is 455 g/mol. The van der Waals surface area contributed by atoms with Crippen molar-refractivity contribution >= 4 is 17.1 Å². The van der Waals surface area contributed by atoms with Crippen LogP contribution in [0, 0.1) is 19.8 Å². The van der Waals surface area contributed by atoms with Crippen LogP contribution in [0.4, 0.5) is 0 Å². The molecular formula is C29H33N3O2. The van der Waals surface area contributed by atoms with Gasteiger partial charge in [0.15, 0.2) is 5.65 Å². The Kier molecular flexibility index (Phi) is 7.11. The fourth-order valence-corrected chi connectivity index (χ4v) is 4.96. The minimum atomic E-state index is -0.742.